The number of methoxy groups -OCH3 is 1. The number of carbonyl (C=O) groups excluding carboxylic acids is 1. The molecule has 1 aromatic heterocycles. The number of H-pyrrole nitrogens is 1. The van der Waals surface area contributed by atoms with Gasteiger partial charge >= 0.3 is 5.97 Å². The van der Waals surface area contributed by atoms with Crippen LogP contribution in [-0.4, -0.2) is 23.3 Å². The van der Waals surface area contributed by atoms with Crippen molar-refractivity contribution in [1.29, 1.82) is 0 Å². The van der Waals surface area contributed by atoms with Crippen LogP contribution in [0.2, 0.25) is 0 Å². The number of halogens is 1. The predicted octanol–water partition coefficient (Wildman–Crippen LogP) is 0.935. The standard InChI is InChI=1S/C6H7ClN2O2/c1-11-6(10)5-2-4(3-7)8-9-5/h2H,3H2,1H3,(H,8,9). The highest BCUT2D eigenvalue weighted by atomic mass is 35.5. The zero-order valence-corrected chi connectivity index (χ0v) is 6.68. The fraction of sp³-hybridized carbons (Fsp3) is 0.333. The Morgan fingerprint density at radius 1 is 1.91 bits per heavy atom. The summed E-state index contributed by atoms with van der Waals surface area (Å²) in [5.41, 5.74) is 0.954. The van der Waals surface area contributed by atoms with Gasteiger partial charge in [-0.3, -0.25) is 5.10 Å². The summed E-state index contributed by atoms with van der Waals surface area (Å²) in [5.74, 6) is -0.151. The van der Waals surface area contributed by atoms with Crippen molar-refractivity contribution < 1.29 is 9.53 Å². The van der Waals surface area contributed by atoms with Crippen LogP contribution in [0.1, 0.15) is 16.2 Å². The first-order valence-corrected chi connectivity index (χ1v) is 3.50. The highest BCUT2D eigenvalue weighted by Crippen LogP contribution is 2.03. The lowest BCUT2D eigenvalue weighted by Crippen LogP contribution is -2.00. The van der Waals surface area contributed by atoms with Crippen LogP contribution >= 0.6 is 11.6 Å². The summed E-state index contributed by atoms with van der Waals surface area (Å²) in [5, 5.41) is 6.26. The molecule has 0 saturated heterocycles. The number of carbonyl (C=O) groups is 1. The molecule has 4 nitrogen and oxygen atoms in total. The molecule has 0 saturated carbocycles. The van der Waals surface area contributed by atoms with Crippen molar-refractivity contribution in [3.05, 3.63) is 17.5 Å². The molecule has 0 amide bonds. The Morgan fingerprint density at radius 3 is 3.09 bits per heavy atom. The van der Waals surface area contributed by atoms with Gasteiger partial charge in [0.2, 0.25) is 0 Å². The quantitative estimate of drug-likeness (QED) is 0.536. The van der Waals surface area contributed by atoms with Gasteiger partial charge in [-0.2, -0.15) is 5.10 Å². The van der Waals surface area contributed by atoms with Crippen LogP contribution in [0.4, 0.5) is 0 Å². The molecule has 0 atom stereocenters. The summed E-state index contributed by atoms with van der Waals surface area (Å²) in [6, 6.07) is 1.55. The summed E-state index contributed by atoms with van der Waals surface area (Å²) in [7, 11) is 1.30. The number of nitrogens with one attached hydrogen (secondary N) is 1. The molecular formula is C6H7ClN2O2. The van der Waals surface area contributed by atoms with Gasteiger partial charge in [0.15, 0.2) is 5.69 Å². The zero-order valence-electron chi connectivity index (χ0n) is 5.93. The Balaban J connectivity index is 2.80. The number of rotatable bonds is 2. The number of hydrogen-bond acceptors (Lipinski definition) is 3. The van der Waals surface area contributed by atoms with Gasteiger partial charge < -0.3 is 4.74 Å². The van der Waals surface area contributed by atoms with E-state index in [2.05, 4.69) is 14.9 Å². The SMILES string of the molecule is COC(=O)c1cc(CCl)[nH]n1. The van der Waals surface area contributed by atoms with Gasteiger partial charge in [-0.25, -0.2) is 4.79 Å². The molecule has 1 aromatic rings. The Kier molecular flexibility index (Phi) is 2.48. The van der Waals surface area contributed by atoms with Crippen molar-refractivity contribution in [3.63, 3.8) is 0 Å². The number of nitrogens with zero attached hydrogens (tertiary/aromatic N) is 1. The molecule has 0 aliphatic carbocycles. The van der Waals surface area contributed by atoms with Crippen molar-refractivity contribution in [1.82, 2.24) is 10.2 Å². The predicted molar refractivity (Wildman–Crippen MR) is 39.5 cm³/mol. The van der Waals surface area contributed by atoms with Gasteiger partial charge in [0.05, 0.1) is 18.7 Å². The molecule has 0 aliphatic rings. The lowest BCUT2D eigenvalue weighted by atomic mass is 10.4. The summed E-state index contributed by atoms with van der Waals surface area (Å²) < 4.78 is 4.43. The number of esters is 1. The minimum atomic E-state index is -0.461. The Morgan fingerprint density at radius 2 is 2.64 bits per heavy atom. The topological polar surface area (TPSA) is 55.0 Å². The van der Waals surface area contributed by atoms with E-state index in [9.17, 15) is 4.79 Å². The Hall–Kier alpha value is -1.03. The van der Waals surface area contributed by atoms with E-state index < -0.39 is 5.97 Å². The molecule has 11 heavy (non-hydrogen) atoms. The van der Waals surface area contributed by atoms with Crippen molar-refractivity contribution in [3.8, 4) is 0 Å². The minimum Gasteiger partial charge on any atom is -0.464 e. The summed E-state index contributed by atoms with van der Waals surface area (Å²) in [6.45, 7) is 0. The lowest BCUT2D eigenvalue weighted by Gasteiger charge is -1.89. The number of hydrogen-bond donors (Lipinski definition) is 1. The number of aromatic amines is 1. The molecule has 0 fully saturated rings. The van der Waals surface area contributed by atoms with Gasteiger partial charge in [0.1, 0.15) is 0 Å². The van der Waals surface area contributed by atoms with Crippen LogP contribution in [0.25, 0.3) is 0 Å². The van der Waals surface area contributed by atoms with Crippen LogP contribution in [0.3, 0.4) is 0 Å². The van der Waals surface area contributed by atoms with Crippen LogP contribution in [0.15, 0.2) is 6.07 Å². The molecule has 0 aliphatic heterocycles. The highest BCUT2D eigenvalue weighted by Gasteiger charge is 2.08. The second kappa shape index (κ2) is 3.39. The maximum Gasteiger partial charge on any atom is 0.358 e. The second-order valence-corrected chi connectivity index (χ2v) is 2.17. The maximum atomic E-state index is 10.8. The van der Waals surface area contributed by atoms with E-state index in [1.54, 1.807) is 6.07 Å². The van der Waals surface area contributed by atoms with Crippen molar-refractivity contribution in [2.75, 3.05) is 7.11 Å². The highest BCUT2D eigenvalue weighted by molar-refractivity contribution is 6.16. The fourth-order valence-electron chi connectivity index (χ4n) is 0.639. The molecule has 1 heterocycles. The summed E-state index contributed by atoms with van der Waals surface area (Å²) in [4.78, 5) is 10.8. The van der Waals surface area contributed by atoms with Crippen molar-refractivity contribution in [2.45, 2.75) is 5.88 Å². The first kappa shape index (κ1) is 8.07. The number of ether oxygens (including phenoxy) is 1. The molecule has 0 bridgehead atoms. The van der Waals surface area contributed by atoms with E-state index in [0.29, 0.717) is 11.6 Å². The monoisotopic (exact) mass is 174 g/mol. The van der Waals surface area contributed by atoms with Crippen molar-refractivity contribution in [2.24, 2.45) is 0 Å². The average Bonchev–Trinajstić information content (AvgIpc) is 2.50. The molecule has 1 N–H and O–H groups in total. The Labute approximate surface area is 68.5 Å². The van der Waals surface area contributed by atoms with Crippen LogP contribution in [-0.2, 0) is 10.6 Å². The van der Waals surface area contributed by atoms with Crippen LogP contribution < -0.4 is 0 Å². The van der Waals surface area contributed by atoms with E-state index in [4.69, 9.17) is 11.6 Å². The van der Waals surface area contributed by atoms with Gasteiger partial charge in [-0.1, -0.05) is 0 Å². The zero-order chi connectivity index (χ0) is 8.27. The normalized spacial score (nSPS) is 9.64. The summed E-state index contributed by atoms with van der Waals surface area (Å²) >= 11 is 5.46. The average molecular weight is 175 g/mol. The molecular weight excluding hydrogens is 168 g/mol. The lowest BCUT2D eigenvalue weighted by molar-refractivity contribution is 0.0594. The van der Waals surface area contributed by atoms with Gasteiger partial charge in [-0.05, 0) is 6.07 Å². The van der Waals surface area contributed by atoms with Gasteiger partial charge in [0, 0.05) is 0 Å². The summed E-state index contributed by atoms with van der Waals surface area (Å²) in [6.07, 6.45) is 0. The molecule has 1 rings (SSSR count). The second-order valence-electron chi connectivity index (χ2n) is 1.90. The van der Waals surface area contributed by atoms with E-state index in [-0.39, 0.29) is 5.69 Å². The maximum absolute atomic E-state index is 10.8. The van der Waals surface area contributed by atoms with Crippen LogP contribution in [0.5, 0.6) is 0 Å². The molecule has 0 aromatic carbocycles. The third-order valence-electron chi connectivity index (χ3n) is 1.17. The van der Waals surface area contributed by atoms with Crippen LogP contribution in [0, 0.1) is 0 Å². The molecule has 0 radical (unpaired) electrons. The molecule has 5 heteroatoms. The molecule has 60 valence electrons. The Bertz CT molecular complexity index is 259. The van der Waals surface area contributed by atoms with E-state index in [1.165, 1.54) is 7.11 Å². The smallest absolute Gasteiger partial charge is 0.358 e. The van der Waals surface area contributed by atoms with E-state index in [1.807, 2.05) is 0 Å². The van der Waals surface area contributed by atoms with Crippen molar-refractivity contribution >= 4 is 17.6 Å². The first-order valence-electron chi connectivity index (χ1n) is 2.96. The first-order chi connectivity index (χ1) is 5.27. The number of aromatic nitrogens is 2. The molecule has 0 unspecified atom stereocenters. The van der Waals surface area contributed by atoms with E-state index in [0.717, 1.165) is 0 Å². The largest absolute Gasteiger partial charge is 0.464 e. The van der Waals surface area contributed by atoms with Gasteiger partial charge in [-0.15, -0.1) is 11.6 Å². The third-order valence-corrected chi connectivity index (χ3v) is 1.46. The minimum absolute atomic E-state index is 0.253. The molecule has 0 spiro atoms. The third kappa shape index (κ3) is 1.71. The fourth-order valence-corrected chi connectivity index (χ4v) is 0.776. The van der Waals surface area contributed by atoms with E-state index >= 15 is 0 Å². The number of alkyl halides is 1. The van der Waals surface area contributed by atoms with Gasteiger partial charge in [0.25, 0.3) is 0 Å².